The standard InChI is InChI=1S/C20H32O2/c1-13(2)20(22-19(21)16-6-4-3-5-7-16)17-9-14-8-15(11-17)12-18(20)10-14/h13-18H,3-12H2,1-2H3. The summed E-state index contributed by atoms with van der Waals surface area (Å²) in [7, 11) is 0. The van der Waals surface area contributed by atoms with E-state index in [2.05, 4.69) is 13.8 Å². The minimum atomic E-state index is -0.123. The van der Waals surface area contributed by atoms with Gasteiger partial charge < -0.3 is 4.74 Å². The predicted octanol–water partition coefficient (Wildman–Crippen LogP) is 4.96. The van der Waals surface area contributed by atoms with Crippen molar-refractivity contribution in [3.63, 3.8) is 0 Å². The highest BCUT2D eigenvalue weighted by Crippen LogP contribution is 2.62. The Bertz CT molecular complexity index is 405. The van der Waals surface area contributed by atoms with Crippen molar-refractivity contribution >= 4 is 5.97 Å². The molecule has 0 unspecified atom stereocenters. The molecule has 0 aliphatic heterocycles. The van der Waals surface area contributed by atoms with E-state index in [9.17, 15) is 4.79 Å². The molecule has 0 aromatic rings. The maximum Gasteiger partial charge on any atom is 0.309 e. The van der Waals surface area contributed by atoms with Gasteiger partial charge in [0.05, 0.1) is 5.92 Å². The average Bonchev–Trinajstić information content (AvgIpc) is 2.50. The van der Waals surface area contributed by atoms with Gasteiger partial charge in [0.15, 0.2) is 0 Å². The molecule has 0 aromatic carbocycles. The normalized spacial score (nSPS) is 44.5. The largest absolute Gasteiger partial charge is 0.458 e. The van der Waals surface area contributed by atoms with Crippen molar-refractivity contribution in [3.05, 3.63) is 0 Å². The van der Waals surface area contributed by atoms with E-state index in [-0.39, 0.29) is 17.5 Å². The zero-order chi connectivity index (χ0) is 15.3. The number of hydrogen-bond acceptors (Lipinski definition) is 2. The quantitative estimate of drug-likeness (QED) is 0.689. The first kappa shape index (κ1) is 15.0. The third-order valence-corrected chi connectivity index (χ3v) is 7.53. The fraction of sp³-hybridized carbons (Fsp3) is 0.950. The van der Waals surface area contributed by atoms with Gasteiger partial charge in [0.2, 0.25) is 0 Å². The van der Waals surface area contributed by atoms with Gasteiger partial charge in [0.1, 0.15) is 5.60 Å². The van der Waals surface area contributed by atoms with Gasteiger partial charge in [0.25, 0.3) is 0 Å². The maximum absolute atomic E-state index is 12.9. The van der Waals surface area contributed by atoms with Crippen molar-refractivity contribution in [1.29, 1.82) is 0 Å². The van der Waals surface area contributed by atoms with E-state index < -0.39 is 0 Å². The molecule has 5 saturated carbocycles. The lowest BCUT2D eigenvalue weighted by atomic mass is 9.47. The van der Waals surface area contributed by atoms with Crippen LogP contribution in [0.25, 0.3) is 0 Å². The van der Waals surface area contributed by atoms with Crippen LogP contribution in [0.2, 0.25) is 0 Å². The Kier molecular flexibility index (Phi) is 3.77. The van der Waals surface area contributed by atoms with Gasteiger partial charge in [-0.15, -0.1) is 0 Å². The van der Waals surface area contributed by atoms with Crippen LogP contribution in [0.3, 0.4) is 0 Å². The number of carbonyl (C=O) groups excluding carboxylic acids is 1. The predicted molar refractivity (Wildman–Crippen MR) is 87.3 cm³/mol. The molecule has 0 spiro atoms. The number of carbonyl (C=O) groups is 1. The lowest BCUT2D eigenvalue weighted by molar-refractivity contribution is -0.228. The van der Waals surface area contributed by atoms with Crippen molar-refractivity contribution in [1.82, 2.24) is 0 Å². The first-order chi connectivity index (χ1) is 10.6. The Morgan fingerprint density at radius 3 is 1.95 bits per heavy atom. The molecule has 22 heavy (non-hydrogen) atoms. The van der Waals surface area contributed by atoms with Crippen LogP contribution in [0.5, 0.6) is 0 Å². The first-order valence-electron chi connectivity index (χ1n) is 9.82. The highest BCUT2D eigenvalue weighted by atomic mass is 16.6. The molecule has 0 heterocycles. The molecular weight excluding hydrogens is 272 g/mol. The van der Waals surface area contributed by atoms with Crippen LogP contribution in [0, 0.1) is 35.5 Å². The summed E-state index contributed by atoms with van der Waals surface area (Å²) in [5.41, 5.74) is -0.123. The number of esters is 1. The Morgan fingerprint density at radius 1 is 0.909 bits per heavy atom. The van der Waals surface area contributed by atoms with E-state index in [1.54, 1.807) is 0 Å². The van der Waals surface area contributed by atoms with E-state index in [4.69, 9.17) is 4.74 Å². The third-order valence-electron chi connectivity index (χ3n) is 7.53. The average molecular weight is 304 g/mol. The maximum atomic E-state index is 12.9. The smallest absolute Gasteiger partial charge is 0.309 e. The Labute approximate surface area is 135 Å². The van der Waals surface area contributed by atoms with Gasteiger partial charge in [-0.1, -0.05) is 33.1 Å². The Hall–Kier alpha value is -0.530. The van der Waals surface area contributed by atoms with Gasteiger partial charge in [0, 0.05) is 0 Å². The fourth-order valence-electron chi connectivity index (χ4n) is 6.74. The summed E-state index contributed by atoms with van der Waals surface area (Å²) >= 11 is 0. The SMILES string of the molecule is CC(C)C1(OC(=O)C2CCCCC2)C2CC3CC(C2)CC1C3. The topological polar surface area (TPSA) is 26.3 Å². The zero-order valence-electron chi connectivity index (χ0n) is 14.4. The fourth-order valence-corrected chi connectivity index (χ4v) is 6.74. The van der Waals surface area contributed by atoms with Crippen LogP contribution in [-0.2, 0) is 9.53 Å². The van der Waals surface area contributed by atoms with E-state index in [0.717, 1.165) is 24.7 Å². The second kappa shape index (κ2) is 5.53. The molecule has 0 saturated heterocycles. The summed E-state index contributed by atoms with van der Waals surface area (Å²) in [6.45, 7) is 4.60. The molecule has 0 radical (unpaired) electrons. The second-order valence-corrected chi connectivity index (χ2v) is 9.07. The van der Waals surface area contributed by atoms with Crippen molar-refractivity contribution in [2.24, 2.45) is 35.5 Å². The van der Waals surface area contributed by atoms with Gasteiger partial charge in [-0.3, -0.25) is 4.79 Å². The summed E-state index contributed by atoms with van der Waals surface area (Å²) in [6, 6.07) is 0. The molecule has 5 aliphatic rings. The molecule has 2 nitrogen and oxygen atoms in total. The molecular formula is C20H32O2. The molecule has 5 rings (SSSR count). The minimum absolute atomic E-state index is 0.123. The lowest BCUT2D eigenvalue weighted by Crippen LogP contribution is -2.62. The van der Waals surface area contributed by atoms with Crippen molar-refractivity contribution in [3.8, 4) is 0 Å². The summed E-state index contributed by atoms with van der Waals surface area (Å²) in [5, 5.41) is 0. The molecule has 0 amide bonds. The van der Waals surface area contributed by atoms with Gasteiger partial charge >= 0.3 is 5.97 Å². The van der Waals surface area contributed by atoms with Crippen LogP contribution in [0.15, 0.2) is 0 Å². The van der Waals surface area contributed by atoms with E-state index in [1.807, 2.05) is 0 Å². The van der Waals surface area contributed by atoms with Crippen LogP contribution in [-0.4, -0.2) is 11.6 Å². The van der Waals surface area contributed by atoms with E-state index in [1.165, 1.54) is 51.4 Å². The Balaban J connectivity index is 1.56. The highest BCUT2D eigenvalue weighted by Gasteiger charge is 2.61. The minimum Gasteiger partial charge on any atom is -0.458 e. The van der Waals surface area contributed by atoms with E-state index >= 15 is 0 Å². The first-order valence-corrected chi connectivity index (χ1v) is 9.82. The molecule has 4 bridgehead atoms. The van der Waals surface area contributed by atoms with Gasteiger partial charge in [-0.25, -0.2) is 0 Å². The summed E-state index contributed by atoms with van der Waals surface area (Å²) in [4.78, 5) is 12.9. The molecule has 0 atom stereocenters. The summed E-state index contributed by atoms with van der Waals surface area (Å²) in [6.07, 6.45) is 12.6. The molecule has 0 aromatic heterocycles. The van der Waals surface area contributed by atoms with Gasteiger partial charge in [-0.05, 0) is 74.5 Å². The highest BCUT2D eigenvalue weighted by molar-refractivity contribution is 5.73. The number of rotatable bonds is 3. The molecule has 124 valence electrons. The van der Waals surface area contributed by atoms with E-state index in [0.29, 0.717) is 17.8 Å². The third kappa shape index (κ3) is 2.24. The second-order valence-electron chi connectivity index (χ2n) is 9.07. The monoisotopic (exact) mass is 304 g/mol. The van der Waals surface area contributed by atoms with Crippen molar-refractivity contribution in [2.45, 2.75) is 83.7 Å². The van der Waals surface area contributed by atoms with Crippen LogP contribution in [0.4, 0.5) is 0 Å². The lowest BCUT2D eigenvalue weighted by Gasteiger charge is -2.62. The molecule has 5 aliphatic carbocycles. The summed E-state index contributed by atoms with van der Waals surface area (Å²) in [5.74, 6) is 3.98. The molecule has 2 heteroatoms. The van der Waals surface area contributed by atoms with Crippen molar-refractivity contribution < 1.29 is 9.53 Å². The molecule has 5 fully saturated rings. The number of ether oxygens (including phenoxy) is 1. The zero-order valence-corrected chi connectivity index (χ0v) is 14.4. The van der Waals surface area contributed by atoms with Crippen LogP contribution >= 0.6 is 0 Å². The molecule has 0 N–H and O–H groups in total. The van der Waals surface area contributed by atoms with Crippen LogP contribution in [0.1, 0.15) is 78.1 Å². The van der Waals surface area contributed by atoms with Gasteiger partial charge in [-0.2, -0.15) is 0 Å². The summed E-state index contributed by atoms with van der Waals surface area (Å²) < 4.78 is 6.48. The van der Waals surface area contributed by atoms with Crippen LogP contribution < -0.4 is 0 Å². The van der Waals surface area contributed by atoms with Crippen molar-refractivity contribution in [2.75, 3.05) is 0 Å². The number of hydrogen-bond donors (Lipinski definition) is 0. The Morgan fingerprint density at radius 2 is 1.45 bits per heavy atom.